The topological polar surface area (TPSA) is 108 Å². The van der Waals surface area contributed by atoms with E-state index >= 15 is 0 Å². The van der Waals surface area contributed by atoms with Crippen LogP contribution in [0.1, 0.15) is 174 Å². The molecule has 0 heterocycles. The Hall–Kier alpha value is -1.51. The molecular formula is C41H79NO8P+. The molecular weight excluding hydrogens is 665 g/mol. The summed E-state index contributed by atoms with van der Waals surface area (Å²) in [4.78, 5) is 35.2. The number of likely N-dealkylation sites (N-methyl/N-ethyl adjacent to an activating group) is 1. The number of carbonyl (C=O) groups is 2. The van der Waals surface area contributed by atoms with Gasteiger partial charge in [-0.05, 0) is 64.2 Å². The number of phosphoric ester groups is 1. The summed E-state index contributed by atoms with van der Waals surface area (Å²) in [6.45, 7) is 4.36. The molecule has 9 nitrogen and oxygen atoms in total. The van der Waals surface area contributed by atoms with Crippen LogP contribution in [0.3, 0.4) is 0 Å². The van der Waals surface area contributed by atoms with Crippen LogP contribution in [-0.4, -0.2) is 74.9 Å². The summed E-state index contributed by atoms with van der Waals surface area (Å²) in [7, 11) is 1.46. The van der Waals surface area contributed by atoms with E-state index < -0.39 is 26.5 Å². The molecule has 0 aromatic rings. The van der Waals surface area contributed by atoms with E-state index in [-0.39, 0.29) is 32.0 Å². The smallest absolute Gasteiger partial charge is 0.462 e. The van der Waals surface area contributed by atoms with Gasteiger partial charge in [-0.3, -0.25) is 18.6 Å². The highest BCUT2D eigenvalue weighted by molar-refractivity contribution is 7.47. The molecule has 0 aromatic carbocycles. The van der Waals surface area contributed by atoms with E-state index in [4.69, 9.17) is 18.5 Å². The van der Waals surface area contributed by atoms with Crippen LogP contribution in [0, 0.1) is 0 Å². The van der Waals surface area contributed by atoms with Gasteiger partial charge in [0.05, 0.1) is 27.7 Å². The quantitative estimate of drug-likeness (QED) is 0.0220. The number of allylic oxidation sites excluding steroid dienone is 4. The highest BCUT2D eigenvalue weighted by Crippen LogP contribution is 2.43. The van der Waals surface area contributed by atoms with Crippen molar-refractivity contribution in [3.63, 3.8) is 0 Å². The summed E-state index contributed by atoms with van der Waals surface area (Å²) in [5.41, 5.74) is 0. The molecule has 0 aliphatic carbocycles. The van der Waals surface area contributed by atoms with Crippen molar-refractivity contribution in [1.82, 2.24) is 0 Å². The van der Waals surface area contributed by atoms with E-state index in [9.17, 15) is 19.0 Å². The number of nitrogens with zero attached hydrogens (tertiary/aromatic N) is 1. The zero-order valence-electron chi connectivity index (χ0n) is 33.6. The first-order valence-electron chi connectivity index (χ1n) is 20.6. The van der Waals surface area contributed by atoms with E-state index in [1.165, 1.54) is 77.0 Å². The zero-order valence-corrected chi connectivity index (χ0v) is 34.5. The third kappa shape index (κ3) is 38.0. The number of hydrogen-bond acceptors (Lipinski definition) is 7. The number of carbonyl (C=O) groups excluding carboxylic acids is 2. The van der Waals surface area contributed by atoms with Crippen LogP contribution >= 0.6 is 7.82 Å². The Kier molecular flexibility index (Phi) is 33.3. The molecule has 1 unspecified atom stereocenters. The molecule has 0 bridgehead atoms. The number of quaternary nitrogens is 1. The summed E-state index contributed by atoms with van der Waals surface area (Å²) < 4.78 is 34.2. The fourth-order valence-electron chi connectivity index (χ4n) is 5.41. The molecule has 51 heavy (non-hydrogen) atoms. The third-order valence-corrected chi connectivity index (χ3v) is 9.69. The molecule has 1 N–H and O–H groups in total. The van der Waals surface area contributed by atoms with Gasteiger partial charge < -0.3 is 18.9 Å². The van der Waals surface area contributed by atoms with Crippen molar-refractivity contribution in [1.29, 1.82) is 0 Å². The minimum atomic E-state index is -4.37. The fraction of sp³-hybridized carbons (Fsp3) is 0.854. The molecule has 0 amide bonds. The number of unbranched alkanes of at least 4 members (excludes halogenated alkanes) is 19. The molecule has 0 rings (SSSR count). The second kappa shape index (κ2) is 34.3. The van der Waals surface area contributed by atoms with Crippen LogP contribution in [0.5, 0.6) is 0 Å². The summed E-state index contributed by atoms with van der Waals surface area (Å²) in [6, 6.07) is 0. The maximum absolute atomic E-state index is 12.6. The summed E-state index contributed by atoms with van der Waals surface area (Å²) in [6.07, 6.45) is 35.1. The van der Waals surface area contributed by atoms with E-state index in [1.54, 1.807) is 0 Å². The number of esters is 2. The van der Waals surface area contributed by atoms with Crippen molar-refractivity contribution in [3.8, 4) is 0 Å². The minimum Gasteiger partial charge on any atom is -0.462 e. The second-order valence-electron chi connectivity index (χ2n) is 15.0. The third-order valence-electron chi connectivity index (χ3n) is 8.70. The van der Waals surface area contributed by atoms with Crippen molar-refractivity contribution < 1.29 is 42.1 Å². The number of rotatable bonds is 37. The Bertz CT molecular complexity index is 933. The largest absolute Gasteiger partial charge is 0.472 e. The molecule has 0 fully saturated rings. The van der Waals surface area contributed by atoms with Crippen LogP contribution in [0.4, 0.5) is 0 Å². The number of phosphoric acid groups is 1. The number of hydrogen-bond donors (Lipinski definition) is 1. The maximum Gasteiger partial charge on any atom is 0.472 e. The van der Waals surface area contributed by atoms with Gasteiger partial charge in [-0.25, -0.2) is 4.57 Å². The summed E-state index contributed by atoms with van der Waals surface area (Å²) >= 11 is 0. The molecule has 300 valence electrons. The average molecular weight is 745 g/mol. The molecule has 0 saturated carbocycles. The molecule has 0 spiro atoms. The predicted octanol–water partition coefficient (Wildman–Crippen LogP) is 11.2. The van der Waals surface area contributed by atoms with Crippen molar-refractivity contribution in [2.45, 2.75) is 180 Å². The highest BCUT2D eigenvalue weighted by Gasteiger charge is 2.27. The van der Waals surface area contributed by atoms with Gasteiger partial charge in [0.2, 0.25) is 0 Å². The van der Waals surface area contributed by atoms with Crippen LogP contribution in [0.2, 0.25) is 0 Å². The van der Waals surface area contributed by atoms with E-state index in [0.29, 0.717) is 17.4 Å². The highest BCUT2D eigenvalue weighted by atomic mass is 31.2. The molecule has 0 aliphatic heterocycles. The van der Waals surface area contributed by atoms with Crippen molar-refractivity contribution in [2.75, 3.05) is 47.5 Å². The Morgan fingerprint density at radius 3 is 1.51 bits per heavy atom. The van der Waals surface area contributed by atoms with Gasteiger partial charge in [-0.15, -0.1) is 0 Å². The van der Waals surface area contributed by atoms with E-state index in [1.807, 2.05) is 21.1 Å². The fourth-order valence-corrected chi connectivity index (χ4v) is 6.16. The van der Waals surface area contributed by atoms with Gasteiger partial charge in [0.1, 0.15) is 19.8 Å². The van der Waals surface area contributed by atoms with Gasteiger partial charge in [0.15, 0.2) is 6.10 Å². The van der Waals surface area contributed by atoms with Crippen LogP contribution in [0.25, 0.3) is 0 Å². The lowest BCUT2D eigenvalue weighted by molar-refractivity contribution is -0.870. The standard InChI is InChI=1S/C41H78NO8P/c1-6-8-10-12-14-16-18-20-21-22-24-26-28-30-32-34-41(44)50-39(38-49-51(45,46)48-36-35-42(3,4)5)37-47-40(43)33-31-29-27-25-23-19-17-15-13-11-9-7-2/h15,17,22,24,39H,6-14,16,18-21,23,25-38H2,1-5H3/p+1/b17-15+,24-22+/t39-/m1/s1. The van der Waals surface area contributed by atoms with Crippen LogP contribution in [0.15, 0.2) is 24.3 Å². The summed E-state index contributed by atoms with van der Waals surface area (Å²) in [5.74, 6) is -0.827. The predicted molar refractivity (Wildman–Crippen MR) is 211 cm³/mol. The molecule has 0 radical (unpaired) electrons. The van der Waals surface area contributed by atoms with Crippen molar-refractivity contribution in [3.05, 3.63) is 24.3 Å². The van der Waals surface area contributed by atoms with Gasteiger partial charge in [-0.2, -0.15) is 0 Å². The first-order chi connectivity index (χ1) is 24.5. The lowest BCUT2D eigenvalue weighted by Crippen LogP contribution is -2.37. The van der Waals surface area contributed by atoms with Crippen molar-refractivity contribution >= 4 is 19.8 Å². The lowest BCUT2D eigenvalue weighted by atomic mass is 10.1. The monoisotopic (exact) mass is 745 g/mol. The van der Waals surface area contributed by atoms with Gasteiger partial charge in [-0.1, -0.05) is 122 Å². The maximum atomic E-state index is 12.6. The Balaban J connectivity index is 4.43. The average Bonchev–Trinajstić information content (AvgIpc) is 3.07. The van der Waals surface area contributed by atoms with Crippen LogP contribution < -0.4 is 0 Å². The van der Waals surface area contributed by atoms with Gasteiger partial charge in [0, 0.05) is 12.8 Å². The SMILES string of the molecule is CCCCC/C=C/CCCCCCCC(=O)OC[C@H](COP(=O)(O)OCC[N+](C)(C)C)OC(=O)CCCCC/C=C/CCCCCCCCCC. The van der Waals surface area contributed by atoms with Crippen molar-refractivity contribution in [2.24, 2.45) is 0 Å². The Labute approximate surface area is 313 Å². The summed E-state index contributed by atoms with van der Waals surface area (Å²) in [5, 5.41) is 0. The van der Waals surface area contributed by atoms with Gasteiger partial charge >= 0.3 is 19.8 Å². The zero-order chi connectivity index (χ0) is 37.9. The van der Waals surface area contributed by atoms with Gasteiger partial charge in [0.25, 0.3) is 0 Å². The normalized spacial score (nSPS) is 13.9. The molecule has 0 aliphatic rings. The molecule has 2 atom stereocenters. The minimum absolute atomic E-state index is 0.0286. The number of ether oxygens (including phenoxy) is 2. The Morgan fingerprint density at radius 2 is 1.00 bits per heavy atom. The van der Waals surface area contributed by atoms with Crippen LogP contribution in [-0.2, 0) is 32.7 Å². The Morgan fingerprint density at radius 1 is 0.588 bits per heavy atom. The first-order valence-corrected chi connectivity index (χ1v) is 22.1. The second-order valence-corrected chi connectivity index (χ2v) is 16.5. The molecule has 0 aromatic heterocycles. The van der Waals surface area contributed by atoms with E-state index in [2.05, 4.69) is 38.2 Å². The molecule has 0 saturated heterocycles. The van der Waals surface area contributed by atoms with E-state index in [0.717, 1.165) is 64.2 Å². The molecule has 10 heteroatoms. The first kappa shape index (κ1) is 49.5. The lowest BCUT2D eigenvalue weighted by Gasteiger charge is -2.24.